The predicted molar refractivity (Wildman–Crippen MR) is 108 cm³/mol. The lowest BCUT2D eigenvalue weighted by molar-refractivity contribution is -0.384. The summed E-state index contributed by atoms with van der Waals surface area (Å²) in [7, 11) is 0. The Balaban J connectivity index is 1.58. The van der Waals surface area contributed by atoms with E-state index in [0.717, 1.165) is 25.7 Å². The number of anilines is 3. The van der Waals surface area contributed by atoms with Gasteiger partial charge in [-0.3, -0.25) is 10.1 Å². The molecule has 2 heterocycles. The van der Waals surface area contributed by atoms with Gasteiger partial charge in [0.15, 0.2) is 5.82 Å². The maximum atomic E-state index is 11.0. The lowest BCUT2D eigenvalue weighted by atomic mass is 9.84. The average Bonchev–Trinajstić information content (AvgIpc) is 2.70. The molecule has 29 heavy (non-hydrogen) atoms. The van der Waals surface area contributed by atoms with E-state index in [9.17, 15) is 15.2 Å². The van der Waals surface area contributed by atoms with Gasteiger partial charge in [0, 0.05) is 23.9 Å². The molecule has 1 aromatic carbocycles. The number of nitro groups is 1. The highest BCUT2D eigenvalue weighted by Crippen LogP contribution is 2.29. The lowest BCUT2D eigenvalue weighted by Crippen LogP contribution is -2.36. The third-order valence-electron chi connectivity index (χ3n) is 5.09. The van der Waals surface area contributed by atoms with E-state index in [0.29, 0.717) is 28.5 Å². The Morgan fingerprint density at radius 3 is 2.79 bits per heavy atom. The monoisotopic (exact) mass is 395 g/mol. The van der Waals surface area contributed by atoms with Crippen LogP contribution in [-0.2, 0) is 0 Å². The van der Waals surface area contributed by atoms with Gasteiger partial charge < -0.3 is 15.7 Å². The molecule has 4 rings (SSSR count). The third kappa shape index (κ3) is 4.37. The maximum absolute atomic E-state index is 11.0. The number of rotatable bonds is 5. The molecule has 0 aliphatic heterocycles. The Labute approximate surface area is 166 Å². The van der Waals surface area contributed by atoms with Crippen LogP contribution in [0.3, 0.4) is 0 Å². The smallest absolute Gasteiger partial charge is 0.271 e. The first-order chi connectivity index (χ1) is 13.9. The van der Waals surface area contributed by atoms with Crippen LogP contribution in [0.4, 0.5) is 23.1 Å². The van der Waals surface area contributed by atoms with Gasteiger partial charge in [0.2, 0.25) is 5.95 Å². The molecule has 1 aliphatic carbocycles. The van der Waals surface area contributed by atoms with Gasteiger partial charge in [0.1, 0.15) is 17.4 Å². The highest BCUT2D eigenvalue weighted by atomic mass is 16.6. The number of nitro benzene ring substituents is 1. The van der Waals surface area contributed by atoms with E-state index >= 15 is 0 Å². The maximum Gasteiger partial charge on any atom is 0.271 e. The third-order valence-corrected chi connectivity index (χ3v) is 5.09. The van der Waals surface area contributed by atoms with E-state index in [4.69, 9.17) is 0 Å². The topological polar surface area (TPSA) is 139 Å². The van der Waals surface area contributed by atoms with Crippen LogP contribution in [0.2, 0.25) is 0 Å². The van der Waals surface area contributed by atoms with Crippen molar-refractivity contribution in [2.45, 2.75) is 44.2 Å². The van der Waals surface area contributed by atoms with Gasteiger partial charge >= 0.3 is 0 Å². The molecule has 0 bridgehead atoms. The quantitative estimate of drug-likeness (QED) is 0.439. The fraction of sp³-hybridized carbons (Fsp3) is 0.368. The van der Waals surface area contributed by atoms with E-state index in [1.807, 2.05) is 6.92 Å². The molecule has 1 aliphatic rings. The fourth-order valence-electron chi connectivity index (χ4n) is 3.42. The van der Waals surface area contributed by atoms with Crippen molar-refractivity contribution in [3.05, 3.63) is 46.9 Å². The summed E-state index contributed by atoms with van der Waals surface area (Å²) in [6, 6.07) is 6.36. The second-order valence-electron chi connectivity index (χ2n) is 7.50. The van der Waals surface area contributed by atoms with Crippen LogP contribution in [0, 0.1) is 10.1 Å². The first kappa shape index (κ1) is 18.9. The molecule has 0 amide bonds. The summed E-state index contributed by atoms with van der Waals surface area (Å²) in [4.78, 5) is 27.9. The molecule has 0 saturated heterocycles. The molecule has 0 atom stereocenters. The number of aromatic nitrogens is 4. The zero-order valence-corrected chi connectivity index (χ0v) is 15.9. The van der Waals surface area contributed by atoms with Crippen LogP contribution < -0.4 is 10.6 Å². The van der Waals surface area contributed by atoms with Crippen molar-refractivity contribution < 1.29 is 10.0 Å². The largest absolute Gasteiger partial charge is 0.390 e. The van der Waals surface area contributed by atoms with Crippen molar-refractivity contribution in [1.82, 2.24) is 19.9 Å². The van der Waals surface area contributed by atoms with E-state index in [1.165, 1.54) is 18.5 Å². The highest BCUT2D eigenvalue weighted by Gasteiger charge is 2.28. The SMILES string of the molecule is CC1(O)CCC(Nc2ncc3ncnc(Nc4cccc([N+](=O)[O-])c4)c3n2)CC1. The van der Waals surface area contributed by atoms with Gasteiger partial charge in [-0.2, -0.15) is 0 Å². The summed E-state index contributed by atoms with van der Waals surface area (Å²) in [6.07, 6.45) is 6.12. The molecule has 0 unspecified atom stereocenters. The molecule has 1 fully saturated rings. The summed E-state index contributed by atoms with van der Waals surface area (Å²) in [6.45, 7) is 1.86. The molecule has 1 saturated carbocycles. The van der Waals surface area contributed by atoms with Gasteiger partial charge in [-0.05, 0) is 38.7 Å². The molecule has 2 aromatic heterocycles. The van der Waals surface area contributed by atoms with Crippen LogP contribution in [0.15, 0.2) is 36.8 Å². The van der Waals surface area contributed by atoms with Crippen molar-refractivity contribution >= 4 is 34.2 Å². The van der Waals surface area contributed by atoms with E-state index in [1.54, 1.807) is 18.3 Å². The number of hydrogen-bond acceptors (Lipinski definition) is 9. The van der Waals surface area contributed by atoms with E-state index in [-0.39, 0.29) is 11.7 Å². The number of hydrogen-bond donors (Lipinski definition) is 3. The molecule has 0 spiro atoms. The molecule has 150 valence electrons. The van der Waals surface area contributed by atoms with Crippen molar-refractivity contribution in [2.75, 3.05) is 10.6 Å². The van der Waals surface area contributed by atoms with Crippen molar-refractivity contribution in [3.63, 3.8) is 0 Å². The average molecular weight is 395 g/mol. The van der Waals surface area contributed by atoms with Gasteiger partial charge in [0.05, 0.1) is 16.7 Å². The minimum Gasteiger partial charge on any atom is -0.390 e. The Hall–Kier alpha value is -3.40. The number of nitrogens with zero attached hydrogens (tertiary/aromatic N) is 5. The molecule has 0 radical (unpaired) electrons. The molecular formula is C19H21N7O3. The summed E-state index contributed by atoms with van der Waals surface area (Å²) in [5.41, 5.74) is 0.982. The number of benzene rings is 1. The standard InChI is InChI=1S/C19H21N7O3/c1-19(27)7-5-12(6-8-19)24-18-20-10-15-16(25-18)17(22-11-21-15)23-13-3-2-4-14(9-13)26(28)29/h2-4,9-12,27H,5-8H2,1H3,(H,20,24,25)(H,21,22,23). The van der Waals surface area contributed by atoms with Crippen LogP contribution >= 0.6 is 0 Å². The van der Waals surface area contributed by atoms with Gasteiger partial charge in [-0.1, -0.05) is 6.07 Å². The fourth-order valence-corrected chi connectivity index (χ4v) is 3.42. The minimum absolute atomic E-state index is 0.0153. The van der Waals surface area contributed by atoms with Gasteiger partial charge in [-0.15, -0.1) is 0 Å². The lowest BCUT2D eigenvalue weighted by Gasteiger charge is -2.33. The Bertz CT molecular complexity index is 1050. The minimum atomic E-state index is -0.606. The number of aliphatic hydroxyl groups is 1. The van der Waals surface area contributed by atoms with Crippen LogP contribution in [-0.4, -0.2) is 41.6 Å². The van der Waals surface area contributed by atoms with Crippen molar-refractivity contribution in [3.8, 4) is 0 Å². The number of nitrogens with one attached hydrogen (secondary N) is 2. The first-order valence-electron chi connectivity index (χ1n) is 9.38. The van der Waals surface area contributed by atoms with Gasteiger partial charge in [0.25, 0.3) is 5.69 Å². The second kappa shape index (κ2) is 7.55. The van der Waals surface area contributed by atoms with E-state index in [2.05, 4.69) is 30.6 Å². The first-order valence-corrected chi connectivity index (χ1v) is 9.38. The number of fused-ring (bicyclic) bond motifs is 1. The summed E-state index contributed by atoms with van der Waals surface area (Å²) < 4.78 is 0. The number of non-ortho nitro benzene ring substituents is 1. The van der Waals surface area contributed by atoms with E-state index < -0.39 is 10.5 Å². The summed E-state index contributed by atoms with van der Waals surface area (Å²) >= 11 is 0. The van der Waals surface area contributed by atoms with Gasteiger partial charge in [-0.25, -0.2) is 19.9 Å². The molecule has 3 aromatic rings. The Kier molecular flexibility index (Phi) is 4.93. The zero-order chi connectivity index (χ0) is 20.4. The normalized spacial score (nSPS) is 21.7. The Morgan fingerprint density at radius 1 is 1.24 bits per heavy atom. The second-order valence-corrected chi connectivity index (χ2v) is 7.50. The van der Waals surface area contributed by atoms with Crippen LogP contribution in [0.1, 0.15) is 32.6 Å². The summed E-state index contributed by atoms with van der Waals surface area (Å²) in [5, 5.41) is 27.5. The van der Waals surface area contributed by atoms with Crippen LogP contribution in [0.5, 0.6) is 0 Å². The molecule has 10 heteroatoms. The molecular weight excluding hydrogens is 374 g/mol. The highest BCUT2D eigenvalue weighted by molar-refractivity contribution is 5.87. The summed E-state index contributed by atoms with van der Waals surface area (Å²) in [5.74, 6) is 0.897. The van der Waals surface area contributed by atoms with Crippen molar-refractivity contribution in [2.24, 2.45) is 0 Å². The van der Waals surface area contributed by atoms with Crippen LogP contribution in [0.25, 0.3) is 11.0 Å². The van der Waals surface area contributed by atoms with Crippen molar-refractivity contribution in [1.29, 1.82) is 0 Å². The molecule has 10 nitrogen and oxygen atoms in total. The molecule has 3 N–H and O–H groups in total. The predicted octanol–water partition coefficient (Wildman–Crippen LogP) is 3.18. The Morgan fingerprint density at radius 2 is 2.03 bits per heavy atom. The zero-order valence-electron chi connectivity index (χ0n) is 15.9.